The first kappa shape index (κ1) is 46.1. The van der Waals surface area contributed by atoms with E-state index in [0.717, 1.165) is 71.3 Å². The molecule has 2 saturated heterocycles. The molecule has 0 radical (unpaired) electrons. The number of halogens is 1. The van der Waals surface area contributed by atoms with E-state index in [4.69, 9.17) is 9.84 Å². The highest BCUT2D eigenvalue weighted by atomic mass is 19.1. The van der Waals surface area contributed by atoms with Crippen molar-refractivity contribution >= 4 is 0 Å². The Labute approximate surface area is 285 Å². The van der Waals surface area contributed by atoms with Gasteiger partial charge in [0, 0.05) is 64.7 Å². The average Bonchev–Trinajstić information content (AvgIpc) is 3.35. The van der Waals surface area contributed by atoms with Crippen molar-refractivity contribution in [3.8, 4) is 0 Å². The first-order valence-corrected chi connectivity index (χ1v) is 18.2. The fourth-order valence-corrected chi connectivity index (χ4v) is 6.04. The van der Waals surface area contributed by atoms with Crippen LogP contribution in [-0.4, -0.2) is 88.2 Å². The maximum atomic E-state index is 12.4. The van der Waals surface area contributed by atoms with Crippen molar-refractivity contribution in [2.24, 2.45) is 5.92 Å². The lowest BCUT2D eigenvalue weighted by molar-refractivity contribution is 0.123. The van der Waals surface area contributed by atoms with Crippen molar-refractivity contribution in [2.75, 3.05) is 67.3 Å². The van der Waals surface area contributed by atoms with Crippen LogP contribution in [0.4, 0.5) is 4.39 Å². The summed E-state index contributed by atoms with van der Waals surface area (Å²) in [6.45, 7) is 22.5. The summed E-state index contributed by atoms with van der Waals surface area (Å²) in [7, 11) is 4.79. The summed E-state index contributed by atoms with van der Waals surface area (Å²) in [6, 6.07) is 0.576. The normalized spacial score (nSPS) is 19.0. The summed E-state index contributed by atoms with van der Waals surface area (Å²) in [5.41, 5.74) is 3.77. The standard InChI is InChI=1S/C26H40FN3.C11H24O.C2H6.CH4O/c1-5-7-14-24-22(3)30(20-17-28-4)26-15-19-29(21-25(24)26)18-9-8-12-23(11-6-2)13-10-16-27;1-3-4-5-6-7-8-9-10-11-12-2;2*1-2/h5-7,10-11,13-14,25-26,28H,2-3,8-9,12,15-21H2,1,4H3;3-11H2,1-2H3;1-2H3;2H,1H3/b7-5-,13-10-,23-11-,24-14+;;;. The number of nitrogens with one attached hydrogen (secondary N) is 1. The Balaban J connectivity index is 0. The molecule has 2 atom stereocenters. The zero-order chi connectivity index (χ0) is 34.8. The van der Waals surface area contributed by atoms with E-state index in [2.05, 4.69) is 60.4 Å². The second-order valence-corrected chi connectivity index (χ2v) is 11.6. The molecule has 268 valence electrons. The molecule has 6 heteroatoms. The van der Waals surface area contributed by atoms with Gasteiger partial charge in [-0.3, -0.25) is 0 Å². The van der Waals surface area contributed by atoms with Crippen LogP contribution in [0.1, 0.15) is 105 Å². The molecule has 0 aromatic heterocycles. The van der Waals surface area contributed by atoms with E-state index >= 15 is 0 Å². The zero-order valence-electron chi connectivity index (χ0n) is 31.2. The summed E-state index contributed by atoms with van der Waals surface area (Å²) < 4.78 is 17.4. The number of likely N-dealkylation sites (N-methyl/N-ethyl adjacent to an activating group) is 1. The number of rotatable bonds is 21. The van der Waals surface area contributed by atoms with Gasteiger partial charge >= 0.3 is 0 Å². The van der Waals surface area contributed by atoms with E-state index in [1.54, 1.807) is 19.3 Å². The maximum Gasteiger partial charge on any atom is 0.108 e. The Morgan fingerprint density at radius 3 is 2.30 bits per heavy atom. The minimum absolute atomic E-state index is 0.412. The van der Waals surface area contributed by atoms with Gasteiger partial charge in [0.2, 0.25) is 0 Å². The van der Waals surface area contributed by atoms with Crippen LogP contribution in [0.15, 0.2) is 72.5 Å². The summed E-state index contributed by atoms with van der Waals surface area (Å²) >= 11 is 0. The van der Waals surface area contributed by atoms with Gasteiger partial charge in [-0.2, -0.15) is 0 Å². The summed E-state index contributed by atoms with van der Waals surface area (Å²) in [5, 5.41) is 10.3. The molecule has 0 aliphatic carbocycles. The molecule has 0 amide bonds. The molecule has 0 spiro atoms. The number of allylic oxidation sites excluding steroid dienone is 9. The molecule has 2 fully saturated rings. The van der Waals surface area contributed by atoms with Gasteiger partial charge in [0.1, 0.15) is 6.67 Å². The highest BCUT2D eigenvalue weighted by molar-refractivity contribution is 5.40. The number of piperidine rings is 1. The molecule has 2 N–H and O–H groups in total. The lowest BCUT2D eigenvalue weighted by atomic mass is 9.88. The van der Waals surface area contributed by atoms with Gasteiger partial charge in [0.15, 0.2) is 0 Å². The van der Waals surface area contributed by atoms with Crippen molar-refractivity contribution in [2.45, 2.75) is 111 Å². The molecule has 0 bridgehead atoms. The van der Waals surface area contributed by atoms with E-state index in [-0.39, 0.29) is 0 Å². The summed E-state index contributed by atoms with van der Waals surface area (Å²) in [4.78, 5) is 5.14. The lowest BCUT2D eigenvalue weighted by Crippen LogP contribution is -2.47. The van der Waals surface area contributed by atoms with Crippen LogP contribution in [0.2, 0.25) is 0 Å². The predicted molar refractivity (Wildman–Crippen MR) is 202 cm³/mol. The van der Waals surface area contributed by atoms with E-state index in [9.17, 15) is 4.39 Å². The van der Waals surface area contributed by atoms with Gasteiger partial charge in [0.05, 0.1) is 0 Å². The monoisotopic (exact) mass is 648 g/mol. The van der Waals surface area contributed by atoms with E-state index in [0.29, 0.717) is 12.0 Å². The zero-order valence-corrected chi connectivity index (χ0v) is 31.2. The minimum Gasteiger partial charge on any atom is -0.400 e. The van der Waals surface area contributed by atoms with Crippen LogP contribution >= 0.6 is 0 Å². The first-order chi connectivity index (χ1) is 22.6. The number of hydrogen-bond acceptors (Lipinski definition) is 5. The van der Waals surface area contributed by atoms with Crippen LogP contribution in [0.3, 0.4) is 0 Å². The molecule has 0 aromatic carbocycles. The third-order valence-electron chi connectivity index (χ3n) is 8.36. The Hall–Kier alpha value is -1.99. The topological polar surface area (TPSA) is 48.0 Å². The third kappa shape index (κ3) is 21.0. The number of fused-ring (bicyclic) bond motifs is 1. The number of unbranched alkanes of at least 4 members (excludes halogenated alkanes) is 8. The number of aliphatic hydroxyl groups excluding tert-OH is 1. The van der Waals surface area contributed by atoms with Crippen molar-refractivity contribution < 1.29 is 14.2 Å². The number of likely N-dealkylation sites (tertiary alicyclic amines) is 2. The fraction of sp³-hybridized carbons (Fsp3) is 0.700. The second-order valence-electron chi connectivity index (χ2n) is 11.6. The third-order valence-corrected chi connectivity index (χ3v) is 8.36. The van der Waals surface area contributed by atoms with Gasteiger partial charge < -0.3 is 25.0 Å². The number of aliphatic hydroxyl groups is 1. The Morgan fingerprint density at radius 2 is 1.72 bits per heavy atom. The van der Waals surface area contributed by atoms with Gasteiger partial charge in [0.25, 0.3) is 0 Å². The molecule has 2 heterocycles. The molecule has 0 aromatic rings. The highest BCUT2D eigenvalue weighted by Crippen LogP contribution is 2.41. The Morgan fingerprint density at radius 1 is 1.04 bits per heavy atom. The SMILES string of the molecule is C=C/C=C(\C=C/CF)CCCCN1CCC2C(C1)/C(=C/C=C\C)C(=C)N2CCNC.CC.CCCCCCCCCCOC.CO. The number of nitrogens with zero attached hydrogens (tertiary/aromatic N) is 2. The molecule has 2 aliphatic heterocycles. The molecular weight excluding hydrogens is 573 g/mol. The molecule has 0 saturated carbocycles. The average molecular weight is 648 g/mol. The van der Waals surface area contributed by atoms with Crippen molar-refractivity contribution in [3.63, 3.8) is 0 Å². The molecule has 2 aliphatic rings. The number of hydrogen-bond donors (Lipinski definition) is 2. The van der Waals surface area contributed by atoms with Crippen LogP contribution in [-0.2, 0) is 4.74 Å². The molecular formula is C40H74FN3O2. The van der Waals surface area contributed by atoms with Crippen LogP contribution in [0.25, 0.3) is 0 Å². The van der Waals surface area contributed by atoms with Crippen LogP contribution in [0.5, 0.6) is 0 Å². The number of alkyl halides is 1. The van der Waals surface area contributed by atoms with Crippen molar-refractivity contribution in [3.05, 3.63) is 72.5 Å². The van der Waals surface area contributed by atoms with Crippen molar-refractivity contribution in [1.82, 2.24) is 15.1 Å². The van der Waals surface area contributed by atoms with Crippen LogP contribution in [0, 0.1) is 5.92 Å². The van der Waals surface area contributed by atoms with Gasteiger partial charge in [-0.1, -0.05) is 121 Å². The van der Waals surface area contributed by atoms with Crippen molar-refractivity contribution in [1.29, 1.82) is 0 Å². The van der Waals surface area contributed by atoms with Gasteiger partial charge in [-0.05, 0) is 63.8 Å². The molecule has 2 rings (SSSR count). The summed E-state index contributed by atoms with van der Waals surface area (Å²) in [5.74, 6) is 0.544. The quantitative estimate of drug-likeness (QED) is 0.0960. The smallest absolute Gasteiger partial charge is 0.108 e. The van der Waals surface area contributed by atoms with Gasteiger partial charge in [-0.25, -0.2) is 4.39 Å². The lowest BCUT2D eigenvalue weighted by Gasteiger charge is -2.38. The minimum atomic E-state index is -0.412. The van der Waals surface area contributed by atoms with E-state index in [1.165, 1.54) is 69.1 Å². The summed E-state index contributed by atoms with van der Waals surface area (Å²) in [6.07, 6.45) is 29.2. The number of ether oxygens (including phenoxy) is 1. The van der Waals surface area contributed by atoms with E-state index < -0.39 is 6.67 Å². The molecule has 2 unspecified atom stereocenters. The van der Waals surface area contributed by atoms with Crippen LogP contribution < -0.4 is 5.32 Å². The fourth-order valence-electron chi connectivity index (χ4n) is 6.04. The largest absolute Gasteiger partial charge is 0.400 e. The Bertz CT molecular complexity index is 826. The van der Waals surface area contributed by atoms with Gasteiger partial charge in [-0.15, -0.1) is 0 Å². The predicted octanol–water partition coefficient (Wildman–Crippen LogP) is 9.44. The maximum absolute atomic E-state index is 12.4. The Kier molecular flexibility index (Phi) is 34.4. The highest BCUT2D eigenvalue weighted by Gasteiger charge is 2.42. The first-order valence-electron chi connectivity index (χ1n) is 18.2. The second kappa shape index (κ2) is 34.3. The number of methoxy groups -OCH3 is 1. The molecule has 46 heavy (non-hydrogen) atoms. The molecule has 5 nitrogen and oxygen atoms in total. The van der Waals surface area contributed by atoms with E-state index in [1.807, 2.05) is 33.0 Å².